The van der Waals surface area contributed by atoms with Crippen LogP contribution in [0.1, 0.15) is 18.1 Å². The first-order valence-electron chi connectivity index (χ1n) is 7.89. The molecule has 0 radical (unpaired) electrons. The first-order chi connectivity index (χ1) is 11.1. The monoisotopic (exact) mass is 311 g/mol. The number of aliphatic imine (C=N–C) groups is 1. The minimum absolute atomic E-state index is 0.317. The summed E-state index contributed by atoms with van der Waals surface area (Å²) in [5.74, 6) is 0.751. The molecule has 2 aromatic rings. The number of benzene rings is 2. The molecule has 0 saturated heterocycles. The predicted octanol–water partition coefficient (Wildman–Crippen LogP) is 3.57. The van der Waals surface area contributed by atoms with Gasteiger partial charge in [0.1, 0.15) is 0 Å². The number of nitrogens with one attached hydrogen (secondary N) is 1. The summed E-state index contributed by atoms with van der Waals surface area (Å²) in [4.78, 5) is 4.37. The van der Waals surface area contributed by atoms with Crippen LogP contribution in [0.2, 0.25) is 0 Å². The summed E-state index contributed by atoms with van der Waals surface area (Å²) in [7, 11) is 0. The molecule has 3 N–H and O–H groups in total. The summed E-state index contributed by atoms with van der Waals surface area (Å²) in [5.41, 5.74) is 9.26. The highest BCUT2D eigenvalue weighted by atomic mass is 16.5. The molecule has 0 fully saturated rings. The van der Waals surface area contributed by atoms with Crippen molar-refractivity contribution in [3.63, 3.8) is 0 Å². The quantitative estimate of drug-likeness (QED) is 0.607. The van der Waals surface area contributed by atoms with Crippen molar-refractivity contribution < 1.29 is 4.74 Å². The third-order valence-corrected chi connectivity index (χ3v) is 3.41. The van der Waals surface area contributed by atoms with E-state index in [1.807, 2.05) is 42.5 Å². The molecule has 0 aliphatic heterocycles. The number of nitrogens with zero attached hydrogens (tertiary/aromatic N) is 1. The Morgan fingerprint density at radius 3 is 2.52 bits per heavy atom. The van der Waals surface area contributed by atoms with Crippen LogP contribution < -0.4 is 11.1 Å². The van der Waals surface area contributed by atoms with Crippen molar-refractivity contribution in [1.82, 2.24) is 0 Å². The number of rotatable bonds is 7. The van der Waals surface area contributed by atoms with Crippen LogP contribution in [0.25, 0.3) is 0 Å². The normalized spacial score (nSPS) is 12.9. The minimum Gasteiger partial charge on any atom is -0.376 e. The van der Waals surface area contributed by atoms with Crippen LogP contribution in [-0.4, -0.2) is 19.1 Å². The van der Waals surface area contributed by atoms with Crippen molar-refractivity contribution in [3.05, 3.63) is 65.7 Å². The van der Waals surface area contributed by atoms with Gasteiger partial charge in [-0.3, -0.25) is 4.99 Å². The number of nitrogens with two attached hydrogens (primary N) is 1. The van der Waals surface area contributed by atoms with Crippen LogP contribution in [0.3, 0.4) is 0 Å². The van der Waals surface area contributed by atoms with Gasteiger partial charge < -0.3 is 15.8 Å². The zero-order chi connectivity index (χ0) is 16.5. The standard InChI is InChI=1S/C19H25N3O/c1-15-8-10-18(11-9-15)22-19(20)21-12-16(2)13-23-14-17-6-4-3-5-7-17/h3-11,16H,12-14H2,1-2H3,(H3,20,21,22). The Hall–Kier alpha value is -2.33. The third-order valence-electron chi connectivity index (χ3n) is 3.41. The molecule has 0 spiro atoms. The second-order valence-corrected chi connectivity index (χ2v) is 5.82. The van der Waals surface area contributed by atoms with E-state index < -0.39 is 0 Å². The van der Waals surface area contributed by atoms with Gasteiger partial charge in [-0.25, -0.2) is 0 Å². The zero-order valence-corrected chi connectivity index (χ0v) is 13.8. The summed E-state index contributed by atoms with van der Waals surface area (Å²) < 4.78 is 5.71. The summed E-state index contributed by atoms with van der Waals surface area (Å²) >= 11 is 0. The molecule has 0 heterocycles. The van der Waals surface area contributed by atoms with Crippen molar-refractivity contribution in [2.24, 2.45) is 16.6 Å². The maximum absolute atomic E-state index is 5.91. The molecule has 4 nitrogen and oxygen atoms in total. The van der Waals surface area contributed by atoms with E-state index in [2.05, 4.69) is 36.3 Å². The maximum atomic E-state index is 5.91. The summed E-state index contributed by atoms with van der Waals surface area (Å²) in [6.45, 7) is 6.09. The van der Waals surface area contributed by atoms with Gasteiger partial charge in [0, 0.05) is 12.2 Å². The average Bonchev–Trinajstić information content (AvgIpc) is 2.56. The lowest BCUT2D eigenvalue weighted by Gasteiger charge is -2.11. The van der Waals surface area contributed by atoms with Crippen LogP contribution in [0.4, 0.5) is 5.69 Å². The van der Waals surface area contributed by atoms with Crippen LogP contribution >= 0.6 is 0 Å². The van der Waals surface area contributed by atoms with E-state index in [0.717, 1.165) is 5.69 Å². The van der Waals surface area contributed by atoms with Gasteiger partial charge in [-0.05, 0) is 30.5 Å². The van der Waals surface area contributed by atoms with Gasteiger partial charge in [0.15, 0.2) is 5.96 Å². The maximum Gasteiger partial charge on any atom is 0.193 e. The lowest BCUT2D eigenvalue weighted by molar-refractivity contribution is 0.0945. The molecule has 0 aliphatic carbocycles. The second kappa shape index (κ2) is 8.96. The van der Waals surface area contributed by atoms with Crippen molar-refractivity contribution in [1.29, 1.82) is 0 Å². The highest BCUT2D eigenvalue weighted by Crippen LogP contribution is 2.08. The molecule has 0 aliphatic rings. The summed E-state index contributed by atoms with van der Waals surface area (Å²) in [6, 6.07) is 18.2. The lowest BCUT2D eigenvalue weighted by atomic mass is 10.2. The third kappa shape index (κ3) is 6.53. The highest BCUT2D eigenvalue weighted by molar-refractivity contribution is 5.92. The Balaban J connectivity index is 1.69. The van der Waals surface area contributed by atoms with Gasteiger partial charge in [-0.1, -0.05) is 55.0 Å². The number of anilines is 1. The van der Waals surface area contributed by atoms with E-state index in [9.17, 15) is 0 Å². The zero-order valence-electron chi connectivity index (χ0n) is 13.8. The fourth-order valence-corrected chi connectivity index (χ4v) is 2.08. The van der Waals surface area contributed by atoms with Crippen molar-refractivity contribution in [3.8, 4) is 0 Å². The molecule has 122 valence electrons. The average molecular weight is 311 g/mol. The van der Waals surface area contributed by atoms with Gasteiger partial charge in [0.2, 0.25) is 0 Å². The van der Waals surface area contributed by atoms with E-state index >= 15 is 0 Å². The Labute approximate surface area is 138 Å². The number of aryl methyl sites for hydroxylation is 1. The molecule has 0 amide bonds. The van der Waals surface area contributed by atoms with Gasteiger partial charge in [0.05, 0.1) is 13.2 Å². The Kier molecular flexibility index (Phi) is 6.63. The summed E-state index contributed by atoms with van der Waals surface area (Å²) in [6.07, 6.45) is 0. The SMILES string of the molecule is Cc1ccc(NC(N)=NCC(C)COCc2ccccc2)cc1. The Morgan fingerprint density at radius 2 is 1.83 bits per heavy atom. The molecule has 23 heavy (non-hydrogen) atoms. The van der Waals surface area contributed by atoms with Gasteiger partial charge >= 0.3 is 0 Å². The molecular formula is C19H25N3O. The molecule has 2 rings (SSSR count). The molecule has 4 heteroatoms. The lowest BCUT2D eigenvalue weighted by Crippen LogP contribution is -2.24. The second-order valence-electron chi connectivity index (χ2n) is 5.82. The van der Waals surface area contributed by atoms with E-state index in [4.69, 9.17) is 10.5 Å². The Bertz CT molecular complexity index is 608. The number of hydrogen-bond acceptors (Lipinski definition) is 2. The van der Waals surface area contributed by atoms with E-state index in [0.29, 0.717) is 31.6 Å². The van der Waals surface area contributed by atoms with Gasteiger partial charge in [0.25, 0.3) is 0 Å². The van der Waals surface area contributed by atoms with E-state index in [1.165, 1.54) is 11.1 Å². The van der Waals surface area contributed by atoms with E-state index in [1.54, 1.807) is 0 Å². The largest absolute Gasteiger partial charge is 0.376 e. The van der Waals surface area contributed by atoms with Crippen LogP contribution in [0.5, 0.6) is 0 Å². The topological polar surface area (TPSA) is 59.6 Å². The highest BCUT2D eigenvalue weighted by Gasteiger charge is 2.03. The van der Waals surface area contributed by atoms with Crippen LogP contribution in [0, 0.1) is 12.8 Å². The smallest absolute Gasteiger partial charge is 0.193 e. The molecule has 1 unspecified atom stereocenters. The molecule has 2 aromatic carbocycles. The minimum atomic E-state index is 0.317. The first kappa shape index (κ1) is 17.0. The molecule has 0 aromatic heterocycles. The molecule has 0 bridgehead atoms. The summed E-state index contributed by atoms with van der Waals surface area (Å²) in [5, 5.41) is 3.09. The number of hydrogen-bond donors (Lipinski definition) is 2. The van der Waals surface area contributed by atoms with E-state index in [-0.39, 0.29) is 0 Å². The fourth-order valence-electron chi connectivity index (χ4n) is 2.08. The number of ether oxygens (including phenoxy) is 1. The van der Waals surface area contributed by atoms with Crippen molar-refractivity contribution in [2.75, 3.05) is 18.5 Å². The van der Waals surface area contributed by atoms with Gasteiger partial charge in [-0.15, -0.1) is 0 Å². The Morgan fingerprint density at radius 1 is 1.13 bits per heavy atom. The van der Waals surface area contributed by atoms with Gasteiger partial charge in [-0.2, -0.15) is 0 Å². The predicted molar refractivity (Wildman–Crippen MR) is 96.6 cm³/mol. The molecule has 1 atom stereocenters. The fraction of sp³-hybridized carbons (Fsp3) is 0.316. The molecule has 0 saturated carbocycles. The van der Waals surface area contributed by atoms with Crippen molar-refractivity contribution >= 4 is 11.6 Å². The van der Waals surface area contributed by atoms with Crippen molar-refractivity contribution in [2.45, 2.75) is 20.5 Å². The van der Waals surface area contributed by atoms with Crippen LogP contribution in [-0.2, 0) is 11.3 Å². The first-order valence-corrected chi connectivity index (χ1v) is 7.89. The van der Waals surface area contributed by atoms with Crippen LogP contribution in [0.15, 0.2) is 59.6 Å². The number of guanidine groups is 1. The molecular weight excluding hydrogens is 286 g/mol.